The van der Waals surface area contributed by atoms with E-state index >= 15 is 0 Å². The van der Waals surface area contributed by atoms with Gasteiger partial charge in [0, 0.05) is 28.4 Å². The summed E-state index contributed by atoms with van der Waals surface area (Å²) in [6.07, 6.45) is 2.76. The minimum absolute atomic E-state index is 0.00833. The standard InChI is InChI=1S/C53H47N3/c1-52(2,3)40-28-38(29-41(34-40)53(4,5)6)39-32-48(55-49(33-39)46-24-15-23-45-43-21-9-8-17-36(43)31-47(45)46)37-19-13-20-42(30-37)56(51-26-11-12-27-54-51)50-25-14-18-35-16-7-10-22-44(35)50/h7-30,32-34H,31H2,1-6H3. The molecule has 0 bridgehead atoms. The lowest BCUT2D eigenvalue weighted by molar-refractivity contribution is 0.569. The Morgan fingerprint density at radius 2 is 1.14 bits per heavy atom. The fourth-order valence-corrected chi connectivity index (χ4v) is 8.13. The van der Waals surface area contributed by atoms with E-state index in [1.165, 1.54) is 55.3 Å². The molecular formula is C53H47N3. The Kier molecular flexibility index (Phi) is 8.70. The molecular weight excluding hydrogens is 679 g/mol. The molecule has 1 aliphatic carbocycles. The Balaban J connectivity index is 1.26. The van der Waals surface area contributed by atoms with E-state index in [2.05, 4.69) is 198 Å². The third kappa shape index (κ3) is 6.58. The second kappa shape index (κ2) is 13.8. The van der Waals surface area contributed by atoms with Crippen LogP contribution in [0.25, 0.3) is 55.5 Å². The summed E-state index contributed by atoms with van der Waals surface area (Å²) in [5, 5.41) is 2.35. The molecule has 2 heterocycles. The van der Waals surface area contributed by atoms with E-state index in [0.717, 1.165) is 46.1 Å². The summed E-state index contributed by atoms with van der Waals surface area (Å²) in [6, 6.07) is 57.2. The molecule has 6 aromatic carbocycles. The third-order valence-corrected chi connectivity index (χ3v) is 11.2. The molecule has 0 amide bonds. The van der Waals surface area contributed by atoms with Crippen molar-refractivity contribution in [3.63, 3.8) is 0 Å². The van der Waals surface area contributed by atoms with Crippen LogP contribution in [0.2, 0.25) is 0 Å². The SMILES string of the molecule is CC(C)(C)c1cc(-c2cc(-c3cccc(N(c4ccccn4)c4cccc5ccccc45)c3)nc(-c3cccc4c3Cc3ccccc3-4)c2)cc(C(C)(C)C)c1. The molecule has 0 spiro atoms. The molecule has 56 heavy (non-hydrogen) atoms. The number of anilines is 3. The van der Waals surface area contributed by atoms with Crippen LogP contribution in [-0.2, 0) is 17.3 Å². The Bertz CT molecular complexity index is 2710. The summed E-state index contributed by atoms with van der Waals surface area (Å²) in [6.45, 7) is 13.8. The van der Waals surface area contributed by atoms with E-state index in [4.69, 9.17) is 9.97 Å². The number of fused-ring (bicyclic) bond motifs is 4. The van der Waals surface area contributed by atoms with Crippen molar-refractivity contribution in [3.8, 4) is 44.8 Å². The third-order valence-electron chi connectivity index (χ3n) is 11.2. The Morgan fingerprint density at radius 3 is 1.93 bits per heavy atom. The minimum atomic E-state index is -0.00833. The maximum Gasteiger partial charge on any atom is 0.137 e. The number of nitrogens with zero attached hydrogens (tertiary/aromatic N) is 3. The number of benzene rings is 6. The van der Waals surface area contributed by atoms with Gasteiger partial charge in [-0.15, -0.1) is 0 Å². The fraction of sp³-hybridized carbons (Fsp3) is 0.170. The molecule has 0 fully saturated rings. The lowest BCUT2D eigenvalue weighted by Crippen LogP contribution is -2.16. The highest BCUT2D eigenvalue weighted by molar-refractivity contribution is 5.99. The maximum absolute atomic E-state index is 5.54. The van der Waals surface area contributed by atoms with Gasteiger partial charge in [-0.25, -0.2) is 9.97 Å². The summed E-state index contributed by atoms with van der Waals surface area (Å²) in [4.78, 5) is 12.7. The van der Waals surface area contributed by atoms with Crippen LogP contribution in [0.15, 0.2) is 164 Å². The van der Waals surface area contributed by atoms with Gasteiger partial charge in [0.25, 0.3) is 0 Å². The number of aromatic nitrogens is 2. The molecule has 0 atom stereocenters. The van der Waals surface area contributed by atoms with Crippen LogP contribution in [-0.4, -0.2) is 9.97 Å². The Hall–Kier alpha value is -6.32. The van der Waals surface area contributed by atoms with Crippen molar-refractivity contribution in [1.29, 1.82) is 0 Å². The molecule has 2 aromatic heterocycles. The van der Waals surface area contributed by atoms with Crippen LogP contribution in [0.1, 0.15) is 63.8 Å². The van der Waals surface area contributed by atoms with Gasteiger partial charge in [0.15, 0.2) is 0 Å². The zero-order valence-corrected chi connectivity index (χ0v) is 33.1. The number of rotatable bonds is 6. The van der Waals surface area contributed by atoms with Crippen molar-refractivity contribution < 1.29 is 0 Å². The fourth-order valence-electron chi connectivity index (χ4n) is 8.13. The van der Waals surface area contributed by atoms with Crippen molar-refractivity contribution in [2.24, 2.45) is 0 Å². The van der Waals surface area contributed by atoms with Gasteiger partial charge in [-0.05, 0) is 110 Å². The summed E-state index contributed by atoms with van der Waals surface area (Å²) in [5.41, 5.74) is 16.6. The quantitative estimate of drug-likeness (QED) is 0.171. The summed E-state index contributed by atoms with van der Waals surface area (Å²) in [5.74, 6) is 0.858. The largest absolute Gasteiger partial charge is 0.294 e. The van der Waals surface area contributed by atoms with E-state index in [1.54, 1.807) is 0 Å². The molecule has 0 saturated heterocycles. The molecule has 0 saturated carbocycles. The first-order valence-corrected chi connectivity index (χ1v) is 19.7. The van der Waals surface area contributed by atoms with Crippen molar-refractivity contribution in [2.75, 3.05) is 4.90 Å². The smallest absolute Gasteiger partial charge is 0.137 e. The van der Waals surface area contributed by atoms with Crippen LogP contribution >= 0.6 is 0 Å². The minimum Gasteiger partial charge on any atom is -0.294 e. The monoisotopic (exact) mass is 725 g/mol. The molecule has 0 N–H and O–H groups in total. The van der Waals surface area contributed by atoms with Crippen molar-refractivity contribution in [3.05, 3.63) is 186 Å². The molecule has 0 unspecified atom stereocenters. The van der Waals surface area contributed by atoms with Crippen molar-refractivity contribution in [1.82, 2.24) is 9.97 Å². The van der Waals surface area contributed by atoms with Gasteiger partial charge < -0.3 is 0 Å². The summed E-state index contributed by atoms with van der Waals surface area (Å²) in [7, 11) is 0. The molecule has 274 valence electrons. The van der Waals surface area contributed by atoms with E-state index in [0.29, 0.717) is 0 Å². The molecule has 3 nitrogen and oxygen atoms in total. The number of pyridine rings is 2. The Labute approximate surface area is 331 Å². The number of hydrogen-bond acceptors (Lipinski definition) is 3. The average Bonchev–Trinajstić information content (AvgIpc) is 3.60. The second-order valence-electron chi connectivity index (χ2n) is 17.2. The average molecular weight is 726 g/mol. The highest BCUT2D eigenvalue weighted by atomic mass is 15.2. The normalized spacial score (nSPS) is 12.4. The van der Waals surface area contributed by atoms with E-state index in [1.807, 2.05) is 12.3 Å². The van der Waals surface area contributed by atoms with Crippen molar-refractivity contribution in [2.45, 2.75) is 58.8 Å². The van der Waals surface area contributed by atoms with Gasteiger partial charge in [-0.1, -0.05) is 157 Å². The number of hydrogen-bond donors (Lipinski definition) is 0. The zero-order chi connectivity index (χ0) is 38.6. The molecule has 0 radical (unpaired) electrons. The van der Waals surface area contributed by atoms with Crippen molar-refractivity contribution >= 4 is 28.0 Å². The summed E-state index contributed by atoms with van der Waals surface area (Å²) >= 11 is 0. The zero-order valence-electron chi connectivity index (χ0n) is 33.1. The topological polar surface area (TPSA) is 29.0 Å². The van der Waals surface area contributed by atoms with Gasteiger partial charge in [-0.2, -0.15) is 0 Å². The molecule has 0 aliphatic heterocycles. The van der Waals surface area contributed by atoms with Crippen LogP contribution < -0.4 is 4.90 Å². The van der Waals surface area contributed by atoms with Crippen LogP contribution in [0.4, 0.5) is 17.2 Å². The van der Waals surface area contributed by atoms with Gasteiger partial charge >= 0.3 is 0 Å². The van der Waals surface area contributed by atoms with E-state index in [9.17, 15) is 0 Å². The van der Waals surface area contributed by atoms with Crippen LogP contribution in [0.5, 0.6) is 0 Å². The van der Waals surface area contributed by atoms with E-state index < -0.39 is 0 Å². The van der Waals surface area contributed by atoms with E-state index in [-0.39, 0.29) is 10.8 Å². The first-order valence-electron chi connectivity index (χ1n) is 19.7. The van der Waals surface area contributed by atoms with Gasteiger partial charge in [0.05, 0.1) is 17.1 Å². The first-order chi connectivity index (χ1) is 27.0. The Morgan fingerprint density at radius 1 is 0.500 bits per heavy atom. The van der Waals surface area contributed by atoms with Gasteiger partial charge in [-0.3, -0.25) is 4.90 Å². The summed E-state index contributed by atoms with van der Waals surface area (Å²) < 4.78 is 0. The van der Waals surface area contributed by atoms with Crippen LogP contribution in [0.3, 0.4) is 0 Å². The highest BCUT2D eigenvalue weighted by Gasteiger charge is 2.25. The maximum atomic E-state index is 5.54. The van der Waals surface area contributed by atoms with Gasteiger partial charge in [0.2, 0.25) is 0 Å². The second-order valence-corrected chi connectivity index (χ2v) is 17.2. The molecule has 3 heteroatoms. The lowest BCUT2D eigenvalue weighted by Gasteiger charge is -2.27. The molecule has 1 aliphatic rings. The van der Waals surface area contributed by atoms with Crippen LogP contribution in [0, 0.1) is 0 Å². The molecule has 8 aromatic rings. The molecule has 9 rings (SSSR count). The predicted octanol–water partition coefficient (Wildman–Crippen LogP) is 14.3. The lowest BCUT2D eigenvalue weighted by atomic mass is 9.79. The van der Waals surface area contributed by atoms with Gasteiger partial charge in [0.1, 0.15) is 5.82 Å². The highest BCUT2D eigenvalue weighted by Crippen LogP contribution is 2.44. The predicted molar refractivity (Wildman–Crippen MR) is 236 cm³/mol. The first kappa shape index (κ1) is 35.4.